The number of unbranched alkanes of at least 4 members (excludes halogenated alkanes) is 1. The molecule has 0 aliphatic heterocycles. The van der Waals surface area contributed by atoms with E-state index in [-0.39, 0.29) is 23.5 Å². The summed E-state index contributed by atoms with van der Waals surface area (Å²) in [5.41, 5.74) is 0.595. The fourth-order valence-corrected chi connectivity index (χ4v) is 2.67. The quantitative estimate of drug-likeness (QED) is 0.726. The highest BCUT2D eigenvalue weighted by Crippen LogP contribution is 2.15. The maximum atomic E-state index is 12.8. The summed E-state index contributed by atoms with van der Waals surface area (Å²) in [6, 6.07) is 5.63. The molecule has 0 heterocycles. The summed E-state index contributed by atoms with van der Waals surface area (Å²) in [4.78, 5) is 11.8. The number of rotatable bonds is 8. The third kappa shape index (κ3) is 5.92. The van der Waals surface area contributed by atoms with Crippen molar-refractivity contribution in [2.75, 3.05) is 12.3 Å². The lowest BCUT2D eigenvalue weighted by atomic mass is 10.1. The number of hydrogen-bond acceptors (Lipinski definition) is 3. The highest BCUT2D eigenvalue weighted by molar-refractivity contribution is 8.00. The molecule has 0 aromatic heterocycles. The Hall–Kier alpha value is -1.07. The van der Waals surface area contributed by atoms with Gasteiger partial charge in [-0.05, 0) is 36.8 Å². The summed E-state index contributed by atoms with van der Waals surface area (Å²) in [5.74, 6) is 0.546. The van der Waals surface area contributed by atoms with Crippen LogP contribution in [0.1, 0.15) is 38.4 Å². The van der Waals surface area contributed by atoms with Crippen molar-refractivity contribution >= 4 is 17.7 Å². The van der Waals surface area contributed by atoms with Crippen LogP contribution in [0.3, 0.4) is 0 Å². The van der Waals surface area contributed by atoms with Gasteiger partial charge in [0.05, 0.1) is 11.4 Å². The van der Waals surface area contributed by atoms with Crippen molar-refractivity contribution < 1.29 is 14.3 Å². The van der Waals surface area contributed by atoms with E-state index in [1.54, 1.807) is 11.8 Å². The van der Waals surface area contributed by atoms with Crippen molar-refractivity contribution in [2.24, 2.45) is 0 Å². The van der Waals surface area contributed by atoms with E-state index in [1.165, 1.54) is 24.3 Å². The minimum absolute atomic E-state index is 0.0766. The molecule has 0 spiro atoms. The molecule has 2 N–H and O–H groups in total. The van der Waals surface area contributed by atoms with Crippen LogP contribution in [0.2, 0.25) is 0 Å². The molecule has 112 valence electrons. The highest BCUT2D eigenvalue weighted by atomic mass is 32.2. The van der Waals surface area contributed by atoms with Gasteiger partial charge in [-0.25, -0.2) is 4.39 Å². The van der Waals surface area contributed by atoms with Gasteiger partial charge in [0, 0.05) is 6.54 Å². The van der Waals surface area contributed by atoms with Crippen molar-refractivity contribution in [3.63, 3.8) is 0 Å². The molecule has 1 aromatic rings. The van der Waals surface area contributed by atoms with Gasteiger partial charge in [0.25, 0.3) is 0 Å². The minimum atomic E-state index is -0.813. The molecule has 2 atom stereocenters. The molecule has 0 saturated carbocycles. The van der Waals surface area contributed by atoms with E-state index in [2.05, 4.69) is 12.2 Å². The van der Waals surface area contributed by atoms with Crippen LogP contribution in [-0.4, -0.2) is 28.6 Å². The van der Waals surface area contributed by atoms with Gasteiger partial charge in [0.15, 0.2) is 0 Å². The van der Waals surface area contributed by atoms with Crippen LogP contribution in [0.15, 0.2) is 24.3 Å². The first-order valence-corrected chi connectivity index (χ1v) is 7.92. The van der Waals surface area contributed by atoms with Crippen LogP contribution in [0.5, 0.6) is 0 Å². The summed E-state index contributed by atoms with van der Waals surface area (Å²) in [7, 11) is 0. The number of hydrogen-bond donors (Lipinski definition) is 2. The lowest BCUT2D eigenvalue weighted by molar-refractivity contribution is -0.120. The number of halogens is 1. The van der Waals surface area contributed by atoms with Crippen molar-refractivity contribution in [2.45, 2.75) is 38.0 Å². The Morgan fingerprint density at radius 1 is 1.40 bits per heavy atom. The zero-order valence-electron chi connectivity index (χ0n) is 11.9. The topological polar surface area (TPSA) is 49.3 Å². The zero-order chi connectivity index (χ0) is 15.0. The molecule has 1 aromatic carbocycles. The summed E-state index contributed by atoms with van der Waals surface area (Å²) in [6.45, 7) is 4.12. The molecule has 1 rings (SSSR count). The van der Waals surface area contributed by atoms with E-state index in [9.17, 15) is 14.3 Å². The monoisotopic (exact) mass is 299 g/mol. The number of amides is 1. The Morgan fingerprint density at radius 2 is 2.05 bits per heavy atom. The fraction of sp³-hybridized carbons (Fsp3) is 0.533. The van der Waals surface area contributed by atoms with E-state index in [0.29, 0.717) is 5.56 Å². The molecule has 20 heavy (non-hydrogen) atoms. The SMILES string of the molecule is CCCCSC(C)C(=O)NCC(O)c1ccc(F)cc1. The van der Waals surface area contributed by atoms with Gasteiger partial charge in [-0.2, -0.15) is 0 Å². The molecule has 0 saturated heterocycles. The lowest BCUT2D eigenvalue weighted by Gasteiger charge is -2.15. The Bertz CT molecular complexity index is 411. The van der Waals surface area contributed by atoms with Crippen LogP contribution in [0.4, 0.5) is 4.39 Å². The van der Waals surface area contributed by atoms with Gasteiger partial charge in [0.2, 0.25) is 5.91 Å². The number of aliphatic hydroxyl groups excluding tert-OH is 1. The van der Waals surface area contributed by atoms with Crippen molar-refractivity contribution in [3.8, 4) is 0 Å². The van der Waals surface area contributed by atoms with Gasteiger partial charge in [-0.1, -0.05) is 25.5 Å². The third-order valence-electron chi connectivity index (χ3n) is 2.96. The Morgan fingerprint density at radius 3 is 2.65 bits per heavy atom. The average molecular weight is 299 g/mol. The van der Waals surface area contributed by atoms with Gasteiger partial charge in [-0.15, -0.1) is 11.8 Å². The van der Waals surface area contributed by atoms with E-state index in [4.69, 9.17) is 0 Å². The summed E-state index contributed by atoms with van der Waals surface area (Å²) < 4.78 is 12.8. The maximum absolute atomic E-state index is 12.8. The van der Waals surface area contributed by atoms with Gasteiger partial charge >= 0.3 is 0 Å². The molecule has 0 aliphatic carbocycles. The van der Waals surface area contributed by atoms with Crippen LogP contribution < -0.4 is 5.32 Å². The lowest BCUT2D eigenvalue weighted by Crippen LogP contribution is -2.34. The van der Waals surface area contributed by atoms with Gasteiger partial charge in [-0.3, -0.25) is 4.79 Å². The second kappa shape index (κ2) is 8.97. The molecule has 0 aliphatic rings. The molecular weight excluding hydrogens is 277 g/mol. The van der Waals surface area contributed by atoms with Crippen molar-refractivity contribution in [1.82, 2.24) is 5.32 Å². The van der Waals surface area contributed by atoms with Crippen LogP contribution >= 0.6 is 11.8 Å². The van der Waals surface area contributed by atoms with E-state index >= 15 is 0 Å². The Labute approximate surface area is 124 Å². The first-order chi connectivity index (χ1) is 9.54. The summed E-state index contributed by atoms with van der Waals surface area (Å²) in [5, 5.41) is 12.5. The Kier molecular flexibility index (Phi) is 7.62. The molecule has 3 nitrogen and oxygen atoms in total. The summed E-state index contributed by atoms with van der Waals surface area (Å²) >= 11 is 1.62. The van der Waals surface area contributed by atoms with Crippen LogP contribution in [-0.2, 0) is 4.79 Å². The summed E-state index contributed by atoms with van der Waals surface area (Å²) in [6.07, 6.45) is 1.40. The number of benzene rings is 1. The first kappa shape index (κ1) is 17.0. The maximum Gasteiger partial charge on any atom is 0.232 e. The second-order valence-electron chi connectivity index (χ2n) is 4.68. The zero-order valence-corrected chi connectivity index (χ0v) is 12.8. The van der Waals surface area contributed by atoms with E-state index < -0.39 is 6.10 Å². The number of nitrogens with one attached hydrogen (secondary N) is 1. The Balaban J connectivity index is 2.34. The van der Waals surface area contributed by atoms with Crippen LogP contribution in [0.25, 0.3) is 0 Å². The van der Waals surface area contributed by atoms with Crippen molar-refractivity contribution in [1.29, 1.82) is 0 Å². The van der Waals surface area contributed by atoms with E-state index in [1.807, 2.05) is 6.92 Å². The van der Waals surface area contributed by atoms with Crippen LogP contribution in [0, 0.1) is 5.82 Å². The van der Waals surface area contributed by atoms with Gasteiger partial charge < -0.3 is 10.4 Å². The minimum Gasteiger partial charge on any atom is -0.387 e. The number of thioether (sulfide) groups is 1. The third-order valence-corrected chi connectivity index (χ3v) is 4.20. The molecule has 0 fully saturated rings. The predicted molar refractivity (Wildman–Crippen MR) is 81.2 cm³/mol. The number of carbonyl (C=O) groups excluding carboxylic acids is 1. The average Bonchev–Trinajstić information content (AvgIpc) is 2.45. The smallest absolute Gasteiger partial charge is 0.232 e. The molecule has 5 heteroatoms. The second-order valence-corrected chi connectivity index (χ2v) is 6.13. The largest absolute Gasteiger partial charge is 0.387 e. The van der Waals surface area contributed by atoms with Gasteiger partial charge in [0.1, 0.15) is 5.82 Å². The van der Waals surface area contributed by atoms with Crippen molar-refractivity contribution in [3.05, 3.63) is 35.6 Å². The fourth-order valence-electron chi connectivity index (χ4n) is 1.62. The highest BCUT2D eigenvalue weighted by Gasteiger charge is 2.15. The number of carbonyl (C=O) groups is 1. The molecule has 2 unspecified atom stereocenters. The van der Waals surface area contributed by atoms with E-state index in [0.717, 1.165) is 18.6 Å². The molecule has 0 bridgehead atoms. The molecule has 1 amide bonds. The number of aliphatic hydroxyl groups is 1. The normalized spacial score (nSPS) is 13.8. The first-order valence-electron chi connectivity index (χ1n) is 6.87. The molecule has 0 radical (unpaired) electrons. The molecular formula is C15H22FNO2S. The predicted octanol–water partition coefficient (Wildman–Crippen LogP) is 2.90. The standard InChI is InChI=1S/C15H22FNO2S/c1-3-4-9-20-11(2)15(19)17-10-14(18)12-5-7-13(16)8-6-12/h5-8,11,14,18H,3-4,9-10H2,1-2H3,(H,17,19).